The summed E-state index contributed by atoms with van der Waals surface area (Å²) in [5, 5.41) is 4.76. The molecule has 7 heteroatoms. The molecule has 3 amide bonds. The summed E-state index contributed by atoms with van der Waals surface area (Å²) in [6.07, 6.45) is 3.92. The third-order valence-electron chi connectivity index (χ3n) is 3.34. The number of rotatable bonds is 4. The fraction of sp³-hybridized carbons (Fsp3) is 0.400. The number of carbonyl (C=O) groups excluding carboxylic acids is 3. The quantitative estimate of drug-likeness (QED) is 0.830. The molecule has 1 fully saturated rings. The van der Waals surface area contributed by atoms with E-state index in [1.165, 1.54) is 18.2 Å². The summed E-state index contributed by atoms with van der Waals surface area (Å²) < 4.78 is 17.7. The van der Waals surface area contributed by atoms with Crippen molar-refractivity contribution in [2.45, 2.75) is 31.7 Å². The molecule has 118 valence electrons. The molecule has 1 aromatic carbocycles. The number of esters is 1. The van der Waals surface area contributed by atoms with E-state index in [-0.39, 0.29) is 11.6 Å². The van der Waals surface area contributed by atoms with E-state index in [1.807, 2.05) is 0 Å². The Hall–Kier alpha value is -2.44. The molecule has 0 bridgehead atoms. The maximum absolute atomic E-state index is 13.0. The lowest BCUT2D eigenvalue weighted by Crippen LogP contribution is -2.44. The van der Waals surface area contributed by atoms with Gasteiger partial charge in [0.15, 0.2) is 6.61 Å². The van der Waals surface area contributed by atoms with Crippen LogP contribution in [0.25, 0.3) is 0 Å². The Balaban J connectivity index is 1.72. The minimum atomic E-state index is -0.828. The summed E-state index contributed by atoms with van der Waals surface area (Å²) in [7, 11) is 0. The second-order valence-corrected chi connectivity index (χ2v) is 5.09. The van der Waals surface area contributed by atoms with E-state index in [9.17, 15) is 18.8 Å². The monoisotopic (exact) mass is 308 g/mol. The summed E-state index contributed by atoms with van der Waals surface area (Å²) in [5.41, 5.74) is 0.00297. The van der Waals surface area contributed by atoms with Gasteiger partial charge in [0, 0.05) is 6.04 Å². The Morgan fingerprint density at radius 3 is 2.64 bits per heavy atom. The first kappa shape index (κ1) is 15.9. The zero-order valence-corrected chi connectivity index (χ0v) is 11.9. The molecule has 0 aromatic heterocycles. The molecule has 0 unspecified atom stereocenters. The zero-order valence-electron chi connectivity index (χ0n) is 11.9. The Kier molecular flexibility index (Phi) is 5.46. The second kappa shape index (κ2) is 7.53. The highest BCUT2D eigenvalue weighted by atomic mass is 19.1. The molecule has 0 aliphatic heterocycles. The summed E-state index contributed by atoms with van der Waals surface area (Å²) in [6.45, 7) is -0.604. The predicted octanol–water partition coefficient (Wildman–Crippen LogP) is 1.75. The molecule has 2 rings (SSSR count). The van der Waals surface area contributed by atoms with Crippen molar-refractivity contribution in [1.82, 2.24) is 10.6 Å². The highest BCUT2D eigenvalue weighted by Gasteiger charge is 2.18. The smallest absolute Gasteiger partial charge is 0.338 e. The van der Waals surface area contributed by atoms with Crippen molar-refractivity contribution >= 4 is 17.9 Å². The van der Waals surface area contributed by atoms with Gasteiger partial charge in [-0.3, -0.25) is 10.1 Å². The molecule has 0 radical (unpaired) electrons. The van der Waals surface area contributed by atoms with Gasteiger partial charge in [-0.05, 0) is 31.0 Å². The van der Waals surface area contributed by atoms with Crippen LogP contribution in [0.5, 0.6) is 0 Å². The molecule has 1 saturated carbocycles. The van der Waals surface area contributed by atoms with Crippen LogP contribution in [0, 0.1) is 5.82 Å². The Morgan fingerprint density at radius 1 is 1.23 bits per heavy atom. The summed E-state index contributed by atoms with van der Waals surface area (Å²) in [5.74, 6) is -2.14. The minimum Gasteiger partial charge on any atom is -0.452 e. The highest BCUT2D eigenvalue weighted by Crippen LogP contribution is 2.17. The number of imide groups is 1. The first-order chi connectivity index (χ1) is 10.5. The average Bonchev–Trinajstić information content (AvgIpc) is 2.97. The molecule has 2 N–H and O–H groups in total. The number of nitrogens with one attached hydrogen (secondary N) is 2. The second-order valence-electron chi connectivity index (χ2n) is 5.09. The van der Waals surface area contributed by atoms with E-state index in [0.29, 0.717) is 0 Å². The molecule has 0 spiro atoms. The number of ether oxygens (including phenoxy) is 1. The van der Waals surface area contributed by atoms with Crippen LogP contribution in [0.1, 0.15) is 36.0 Å². The van der Waals surface area contributed by atoms with Crippen molar-refractivity contribution in [3.05, 3.63) is 35.6 Å². The van der Waals surface area contributed by atoms with Gasteiger partial charge < -0.3 is 10.1 Å². The van der Waals surface area contributed by atoms with Gasteiger partial charge in [0.05, 0.1) is 5.56 Å². The molecule has 22 heavy (non-hydrogen) atoms. The molecule has 0 heterocycles. The van der Waals surface area contributed by atoms with E-state index in [0.717, 1.165) is 31.7 Å². The largest absolute Gasteiger partial charge is 0.452 e. The van der Waals surface area contributed by atoms with Crippen molar-refractivity contribution in [2.24, 2.45) is 0 Å². The zero-order chi connectivity index (χ0) is 15.9. The topological polar surface area (TPSA) is 84.5 Å². The van der Waals surface area contributed by atoms with E-state index >= 15 is 0 Å². The normalized spacial score (nSPS) is 14.4. The Morgan fingerprint density at radius 2 is 1.95 bits per heavy atom. The van der Waals surface area contributed by atoms with Crippen LogP contribution in [-0.4, -0.2) is 30.6 Å². The van der Waals surface area contributed by atoms with Gasteiger partial charge in [0.1, 0.15) is 5.82 Å². The van der Waals surface area contributed by atoms with Crippen LogP contribution < -0.4 is 10.6 Å². The molecule has 1 aliphatic carbocycles. The van der Waals surface area contributed by atoms with Gasteiger partial charge in [0.2, 0.25) is 0 Å². The van der Waals surface area contributed by atoms with Crippen LogP contribution in [0.3, 0.4) is 0 Å². The van der Waals surface area contributed by atoms with Crippen LogP contribution in [0.4, 0.5) is 9.18 Å². The van der Waals surface area contributed by atoms with Crippen molar-refractivity contribution in [3.63, 3.8) is 0 Å². The molecule has 0 saturated heterocycles. The number of hydrogen-bond donors (Lipinski definition) is 2. The van der Waals surface area contributed by atoms with Gasteiger partial charge in [-0.1, -0.05) is 18.9 Å². The number of hydrogen-bond acceptors (Lipinski definition) is 4. The number of benzene rings is 1. The standard InChI is InChI=1S/C15H17FN2O4/c16-11-5-3-4-10(8-11)14(20)22-9-13(19)18-15(21)17-12-6-1-2-7-12/h3-5,8,12H,1-2,6-7,9H2,(H2,17,18,19,21). The van der Waals surface area contributed by atoms with Crippen molar-refractivity contribution in [3.8, 4) is 0 Å². The fourth-order valence-corrected chi connectivity index (χ4v) is 2.28. The molecular weight excluding hydrogens is 291 g/mol. The fourth-order valence-electron chi connectivity index (χ4n) is 2.28. The highest BCUT2D eigenvalue weighted by molar-refractivity contribution is 5.97. The number of amides is 3. The Labute approximate surface area is 127 Å². The summed E-state index contributed by atoms with van der Waals surface area (Å²) in [4.78, 5) is 34.6. The minimum absolute atomic E-state index is 0.00297. The summed E-state index contributed by atoms with van der Waals surface area (Å²) >= 11 is 0. The molecular formula is C15H17FN2O4. The van der Waals surface area contributed by atoms with Gasteiger partial charge in [-0.2, -0.15) is 0 Å². The van der Waals surface area contributed by atoms with E-state index in [1.54, 1.807) is 0 Å². The molecule has 6 nitrogen and oxygen atoms in total. The average molecular weight is 308 g/mol. The van der Waals surface area contributed by atoms with Crippen LogP contribution in [0.2, 0.25) is 0 Å². The number of carbonyl (C=O) groups is 3. The van der Waals surface area contributed by atoms with E-state index in [4.69, 9.17) is 4.74 Å². The van der Waals surface area contributed by atoms with Gasteiger partial charge >= 0.3 is 12.0 Å². The lowest BCUT2D eigenvalue weighted by Gasteiger charge is -2.12. The van der Waals surface area contributed by atoms with Crippen LogP contribution in [-0.2, 0) is 9.53 Å². The SMILES string of the molecule is O=C(COC(=O)c1cccc(F)c1)NC(=O)NC1CCCC1. The first-order valence-corrected chi connectivity index (χ1v) is 7.07. The van der Waals surface area contributed by atoms with E-state index in [2.05, 4.69) is 10.6 Å². The third-order valence-corrected chi connectivity index (χ3v) is 3.34. The Bertz CT molecular complexity index is 570. The lowest BCUT2D eigenvalue weighted by molar-refractivity contribution is -0.123. The lowest BCUT2D eigenvalue weighted by atomic mass is 10.2. The predicted molar refractivity (Wildman–Crippen MR) is 75.6 cm³/mol. The molecule has 0 atom stereocenters. The number of urea groups is 1. The number of halogens is 1. The molecule has 1 aromatic rings. The maximum Gasteiger partial charge on any atom is 0.338 e. The van der Waals surface area contributed by atoms with Crippen LogP contribution in [0.15, 0.2) is 24.3 Å². The van der Waals surface area contributed by atoms with Crippen LogP contribution >= 0.6 is 0 Å². The summed E-state index contributed by atoms with van der Waals surface area (Å²) in [6, 6.07) is 4.42. The van der Waals surface area contributed by atoms with Crippen molar-refractivity contribution in [1.29, 1.82) is 0 Å². The van der Waals surface area contributed by atoms with Gasteiger partial charge in [-0.15, -0.1) is 0 Å². The van der Waals surface area contributed by atoms with Crippen molar-refractivity contribution < 1.29 is 23.5 Å². The van der Waals surface area contributed by atoms with Gasteiger partial charge in [0.25, 0.3) is 5.91 Å². The third kappa shape index (κ3) is 4.83. The molecule has 1 aliphatic rings. The van der Waals surface area contributed by atoms with E-state index < -0.39 is 30.3 Å². The maximum atomic E-state index is 13.0. The first-order valence-electron chi connectivity index (χ1n) is 7.07. The van der Waals surface area contributed by atoms with Gasteiger partial charge in [-0.25, -0.2) is 14.0 Å². The van der Waals surface area contributed by atoms with Crippen molar-refractivity contribution in [2.75, 3.05) is 6.61 Å².